The molecule has 1 aromatic heterocycles. The van der Waals surface area contributed by atoms with Crippen LogP contribution in [0.1, 0.15) is 52.6 Å². The lowest BCUT2D eigenvalue weighted by Gasteiger charge is -2.08. The second-order valence-electron chi connectivity index (χ2n) is 6.83. The fraction of sp³-hybridized carbons (Fsp3) is 0.286. The van der Waals surface area contributed by atoms with Crippen LogP contribution in [0.2, 0.25) is 0 Å². The van der Waals surface area contributed by atoms with Gasteiger partial charge in [-0.3, -0.25) is 4.79 Å². The van der Waals surface area contributed by atoms with E-state index in [0.29, 0.717) is 30.5 Å². The minimum absolute atomic E-state index is 0.0997. The van der Waals surface area contributed by atoms with Gasteiger partial charge >= 0.3 is 6.01 Å². The molecule has 0 aliphatic carbocycles. The molecule has 2 aromatic carbocycles. The van der Waals surface area contributed by atoms with Gasteiger partial charge in [0.05, 0.1) is 0 Å². The van der Waals surface area contributed by atoms with Gasteiger partial charge in [-0.25, -0.2) is 0 Å². The molecule has 3 rings (SSSR count). The van der Waals surface area contributed by atoms with Crippen LogP contribution in [-0.4, -0.2) is 16.0 Å². The molecule has 27 heavy (non-hydrogen) atoms. The van der Waals surface area contributed by atoms with E-state index in [2.05, 4.69) is 20.8 Å². The van der Waals surface area contributed by atoms with Crippen molar-refractivity contribution < 1.29 is 9.32 Å². The van der Waals surface area contributed by atoms with Gasteiger partial charge in [-0.05, 0) is 30.2 Å². The minimum atomic E-state index is -0.0997. The first-order valence-electron chi connectivity index (χ1n) is 9.01. The summed E-state index contributed by atoms with van der Waals surface area (Å²) in [4.78, 5) is 16.7. The zero-order chi connectivity index (χ0) is 19.2. The van der Waals surface area contributed by atoms with Crippen LogP contribution in [0.25, 0.3) is 0 Å². The summed E-state index contributed by atoms with van der Waals surface area (Å²) in [6.45, 7) is 7.06. The van der Waals surface area contributed by atoms with E-state index in [1.807, 2.05) is 63.2 Å². The quantitative estimate of drug-likeness (QED) is 0.661. The molecule has 140 valence electrons. The van der Waals surface area contributed by atoms with Crippen LogP contribution in [0.5, 0.6) is 0 Å². The summed E-state index contributed by atoms with van der Waals surface area (Å²) < 4.78 is 5.17. The van der Waals surface area contributed by atoms with Crippen molar-refractivity contribution in [3.8, 4) is 0 Å². The van der Waals surface area contributed by atoms with E-state index in [0.717, 1.165) is 11.1 Å². The van der Waals surface area contributed by atoms with Crippen molar-refractivity contribution in [2.75, 3.05) is 5.32 Å². The van der Waals surface area contributed by atoms with E-state index >= 15 is 0 Å². The first-order valence-corrected chi connectivity index (χ1v) is 9.01. The van der Waals surface area contributed by atoms with E-state index in [9.17, 15) is 4.79 Å². The minimum Gasteiger partial charge on any atom is -0.348 e. The smallest absolute Gasteiger partial charge is 0.321 e. The zero-order valence-electron chi connectivity index (χ0n) is 15.8. The molecule has 3 aromatic rings. The van der Waals surface area contributed by atoms with Crippen LogP contribution in [0.3, 0.4) is 0 Å². The number of hydrogen-bond acceptors (Lipinski definition) is 5. The van der Waals surface area contributed by atoms with E-state index in [1.54, 1.807) is 6.07 Å². The van der Waals surface area contributed by atoms with E-state index in [4.69, 9.17) is 4.52 Å². The Morgan fingerprint density at radius 2 is 1.85 bits per heavy atom. The predicted octanol–water partition coefficient (Wildman–Crippen LogP) is 4.04. The SMILES string of the molecule is Cc1ccc(CNC(=O)c2cccc(CNc3nc(C(C)C)no3)c2)cc1. The van der Waals surface area contributed by atoms with Gasteiger partial charge in [0.1, 0.15) is 0 Å². The fourth-order valence-corrected chi connectivity index (χ4v) is 2.53. The number of benzene rings is 2. The van der Waals surface area contributed by atoms with Gasteiger partial charge in [0, 0.05) is 24.6 Å². The van der Waals surface area contributed by atoms with Crippen LogP contribution in [-0.2, 0) is 13.1 Å². The summed E-state index contributed by atoms with van der Waals surface area (Å²) in [6.07, 6.45) is 0. The molecular formula is C21H24N4O2. The number of carbonyl (C=O) groups excluding carboxylic acids is 1. The van der Waals surface area contributed by atoms with Gasteiger partial charge in [-0.2, -0.15) is 4.98 Å². The highest BCUT2D eigenvalue weighted by Crippen LogP contribution is 2.14. The topological polar surface area (TPSA) is 80.0 Å². The maximum Gasteiger partial charge on any atom is 0.321 e. The molecule has 1 heterocycles. The van der Waals surface area contributed by atoms with Crippen LogP contribution >= 0.6 is 0 Å². The third-order valence-corrected chi connectivity index (χ3v) is 4.16. The lowest BCUT2D eigenvalue weighted by Crippen LogP contribution is -2.22. The Labute approximate surface area is 159 Å². The van der Waals surface area contributed by atoms with Gasteiger partial charge in [0.15, 0.2) is 5.82 Å². The average molecular weight is 364 g/mol. The monoisotopic (exact) mass is 364 g/mol. The first kappa shape index (κ1) is 18.6. The van der Waals surface area contributed by atoms with E-state index in [-0.39, 0.29) is 11.8 Å². The summed E-state index contributed by atoms with van der Waals surface area (Å²) in [6, 6.07) is 16.0. The first-order chi connectivity index (χ1) is 13.0. The van der Waals surface area contributed by atoms with Gasteiger partial charge in [-0.15, -0.1) is 0 Å². The Morgan fingerprint density at radius 3 is 2.56 bits per heavy atom. The number of rotatable bonds is 7. The molecule has 0 unspecified atom stereocenters. The Hall–Kier alpha value is -3.15. The number of nitrogens with zero attached hydrogens (tertiary/aromatic N) is 2. The standard InChI is InChI=1S/C21H24N4O2/c1-14(2)19-24-21(27-25-19)23-13-17-5-4-6-18(11-17)20(26)22-12-16-9-7-15(3)8-10-16/h4-11,14H,12-13H2,1-3H3,(H,22,26)(H,23,24,25). The van der Waals surface area contributed by atoms with Crippen molar-refractivity contribution in [3.63, 3.8) is 0 Å². The molecule has 6 nitrogen and oxygen atoms in total. The zero-order valence-corrected chi connectivity index (χ0v) is 15.8. The summed E-state index contributed by atoms with van der Waals surface area (Å²) in [5.74, 6) is 0.781. The van der Waals surface area contributed by atoms with Crippen LogP contribution in [0, 0.1) is 6.92 Å². The Morgan fingerprint density at radius 1 is 1.07 bits per heavy atom. The van der Waals surface area contributed by atoms with E-state index < -0.39 is 0 Å². The number of nitrogens with one attached hydrogen (secondary N) is 2. The second kappa shape index (κ2) is 8.49. The third-order valence-electron chi connectivity index (χ3n) is 4.16. The second-order valence-corrected chi connectivity index (χ2v) is 6.83. The summed E-state index contributed by atoms with van der Waals surface area (Å²) in [5.41, 5.74) is 3.85. The lowest BCUT2D eigenvalue weighted by molar-refractivity contribution is 0.0951. The molecule has 0 radical (unpaired) electrons. The highest BCUT2D eigenvalue weighted by Gasteiger charge is 2.10. The molecule has 1 amide bonds. The van der Waals surface area contributed by atoms with Crippen molar-refractivity contribution >= 4 is 11.9 Å². The van der Waals surface area contributed by atoms with Gasteiger partial charge in [-0.1, -0.05) is 61.0 Å². The van der Waals surface area contributed by atoms with Gasteiger partial charge < -0.3 is 15.2 Å². The fourth-order valence-electron chi connectivity index (χ4n) is 2.53. The molecule has 6 heteroatoms. The summed E-state index contributed by atoms with van der Waals surface area (Å²) >= 11 is 0. The van der Waals surface area contributed by atoms with Crippen molar-refractivity contribution in [2.45, 2.75) is 39.8 Å². The molecule has 0 saturated carbocycles. The molecule has 2 N–H and O–H groups in total. The number of amides is 1. The molecule has 0 bridgehead atoms. The highest BCUT2D eigenvalue weighted by atomic mass is 16.5. The lowest BCUT2D eigenvalue weighted by atomic mass is 10.1. The number of carbonyl (C=O) groups is 1. The molecule has 0 aliphatic heterocycles. The highest BCUT2D eigenvalue weighted by molar-refractivity contribution is 5.94. The van der Waals surface area contributed by atoms with Crippen LogP contribution < -0.4 is 10.6 Å². The van der Waals surface area contributed by atoms with Crippen molar-refractivity contribution in [1.29, 1.82) is 0 Å². The molecular weight excluding hydrogens is 340 g/mol. The average Bonchev–Trinajstić information content (AvgIpc) is 3.15. The number of aryl methyl sites for hydroxylation is 1. The Balaban J connectivity index is 1.57. The molecule has 0 spiro atoms. The number of aromatic nitrogens is 2. The molecule has 0 fully saturated rings. The Kier molecular flexibility index (Phi) is 5.86. The van der Waals surface area contributed by atoms with Crippen LogP contribution in [0.4, 0.5) is 6.01 Å². The maximum atomic E-state index is 12.4. The predicted molar refractivity (Wildman–Crippen MR) is 105 cm³/mol. The van der Waals surface area contributed by atoms with Crippen molar-refractivity contribution in [1.82, 2.24) is 15.5 Å². The summed E-state index contributed by atoms with van der Waals surface area (Å²) in [5, 5.41) is 9.96. The van der Waals surface area contributed by atoms with Crippen LogP contribution in [0.15, 0.2) is 53.1 Å². The molecule has 0 aliphatic rings. The normalized spacial score (nSPS) is 10.8. The third kappa shape index (κ3) is 5.17. The maximum absolute atomic E-state index is 12.4. The molecule has 0 atom stereocenters. The number of anilines is 1. The van der Waals surface area contributed by atoms with Crippen molar-refractivity contribution in [3.05, 3.63) is 76.6 Å². The van der Waals surface area contributed by atoms with Crippen molar-refractivity contribution in [2.24, 2.45) is 0 Å². The summed E-state index contributed by atoms with van der Waals surface area (Å²) in [7, 11) is 0. The van der Waals surface area contributed by atoms with E-state index in [1.165, 1.54) is 5.56 Å². The number of hydrogen-bond donors (Lipinski definition) is 2. The molecule has 0 saturated heterocycles. The van der Waals surface area contributed by atoms with Gasteiger partial charge in [0.2, 0.25) is 0 Å². The largest absolute Gasteiger partial charge is 0.348 e. The van der Waals surface area contributed by atoms with Gasteiger partial charge in [0.25, 0.3) is 5.91 Å². The Bertz CT molecular complexity index is 901.